The van der Waals surface area contributed by atoms with Gasteiger partial charge < -0.3 is 4.74 Å². The van der Waals surface area contributed by atoms with Gasteiger partial charge in [0.2, 0.25) is 0 Å². The van der Waals surface area contributed by atoms with Gasteiger partial charge in [0.1, 0.15) is 11.6 Å². The van der Waals surface area contributed by atoms with Crippen LogP contribution in [0.1, 0.15) is 98.2 Å². The third-order valence-corrected chi connectivity index (χ3v) is 7.01. The normalized spacial score (nSPS) is 11.1. The number of carbonyl (C=O) groups is 1. The lowest BCUT2D eigenvalue weighted by Gasteiger charge is -2.07. The van der Waals surface area contributed by atoms with E-state index in [0.717, 1.165) is 29.9 Å². The number of ether oxygens (including phenoxy) is 1. The maximum absolute atomic E-state index is 13.0. The van der Waals surface area contributed by atoms with E-state index in [1.54, 1.807) is 6.08 Å². The summed E-state index contributed by atoms with van der Waals surface area (Å²) < 4.78 is 18.9. The predicted molar refractivity (Wildman–Crippen MR) is 163 cm³/mol. The molecule has 2 nitrogen and oxygen atoms in total. The molecule has 0 atom stereocenters. The molecule has 0 aliphatic carbocycles. The van der Waals surface area contributed by atoms with Gasteiger partial charge in [-0.1, -0.05) is 106 Å². The van der Waals surface area contributed by atoms with Crippen molar-refractivity contribution in [1.29, 1.82) is 0 Å². The summed E-state index contributed by atoms with van der Waals surface area (Å²) >= 11 is 0. The molecule has 0 aromatic heterocycles. The summed E-state index contributed by atoms with van der Waals surface area (Å²) in [5, 5.41) is 0. The van der Waals surface area contributed by atoms with Crippen molar-refractivity contribution in [3.8, 4) is 5.75 Å². The molecule has 3 aromatic carbocycles. The van der Waals surface area contributed by atoms with Crippen molar-refractivity contribution >= 4 is 17.4 Å². The van der Waals surface area contributed by atoms with Gasteiger partial charge in [-0.3, -0.25) is 4.79 Å². The van der Waals surface area contributed by atoms with Crippen LogP contribution in [0, 0.1) is 5.82 Å². The molecule has 206 valence electrons. The van der Waals surface area contributed by atoms with Gasteiger partial charge in [-0.15, -0.1) is 0 Å². The maximum Gasteiger partial charge on any atom is 0.185 e. The first-order valence-corrected chi connectivity index (χ1v) is 14.5. The monoisotopic (exact) mass is 526 g/mol. The van der Waals surface area contributed by atoms with Gasteiger partial charge in [0, 0.05) is 5.56 Å². The standard InChI is InChI=1S/C36H43FO2/c1-29(2)32-19-14-30(15-20-32)13-11-9-7-5-3-4-6-8-10-12-28-39-35-25-16-31(17-26-35)18-27-36(38)33-21-23-34(37)24-22-33/h14-27H,1,3-13,28H2,2H3. The molecule has 0 heterocycles. The molecule has 0 aliphatic rings. The van der Waals surface area contributed by atoms with Crippen molar-refractivity contribution in [2.45, 2.75) is 77.6 Å². The molecule has 3 heteroatoms. The van der Waals surface area contributed by atoms with Crippen LogP contribution in [0.4, 0.5) is 4.39 Å². The number of hydrogen-bond acceptors (Lipinski definition) is 2. The van der Waals surface area contributed by atoms with Gasteiger partial charge in [0.15, 0.2) is 5.78 Å². The Labute approximate surface area is 234 Å². The lowest BCUT2D eigenvalue weighted by atomic mass is 10.0. The Morgan fingerprint density at radius 3 is 1.85 bits per heavy atom. The molecule has 0 amide bonds. The highest BCUT2D eigenvalue weighted by molar-refractivity contribution is 6.06. The minimum absolute atomic E-state index is 0.146. The summed E-state index contributed by atoms with van der Waals surface area (Å²) in [6.45, 7) is 6.78. The number of aryl methyl sites for hydroxylation is 1. The third-order valence-electron chi connectivity index (χ3n) is 7.01. The molecular formula is C36H43FO2. The minimum Gasteiger partial charge on any atom is -0.494 e. The Morgan fingerprint density at radius 2 is 1.26 bits per heavy atom. The molecular weight excluding hydrogens is 483 g/mol. The second-order valence-electron chi connectivity index (χ2n) is 10.4. The van der Waals surface area contributed by atoms with Crippen molar-refractivity contribution in [1.82, 2.24) is 0 Å². The smallest absolute Gasteiger partial charge is 0.185 e. The fourth-order valence-electron chi connectivity index (χ4n) is 4.55. The van der Waals surface area contributed by atoms with E-state index in [9.17, 15) is 9.18 Å². The van der Waals surface area contributed by atoms with Crippen LogP contribution >= 0.6 is 0 Å². The first kappa shape index (κ1) is 30.1. The SMILES string of the molecule is C=C(C)c1ccc(CCCCCCCCCCCCOc2ccc(C=CC(=O)c3ccc(F)cc3)cc2)cc1. The van der Waals surface area contributed by atoms with E-state index in [4.69, 9.17) is 4.74 Å². The molecule has 0 N–H and O–H groups in total. The highest BCUT2D eigenvalue weighted by Gasteiger charge is 2.02. The van der Waals surface area contributed by atoms with E-state index in [0.29, 0.717) is 5.56 Å². The van der Waals surface area contributed by atoms with Crippen LogP contribution < -0.4 is 4.74 Å². The number of unbranched alkanes of at least 4 members (excludes halogenated alkanes) is 9. The topological polar surface area (TPSA) is 26.3 Å². The number of allylic oxidation sites excluding steroid dienone is 2. The Bertz CT molecular complexity index is 1160. The van der Waals surface area contributed by atoms with E-state index in [2.05, 4.69) is 37.8 Å². The molecule has 0 fully saturated rings. The number of benzene rings is 3. The van der Waals surface area contributed by atoms with Crippen molar-refractivity contribution in [3.05, 3.63) is 114 Å². The van der Waals surface area contributed by atoms with Crippen LogP contribution in [-0.2, 0) is 6.42 Å². The summed E-state index contributed by atoms with van der Waals surface area (Å²) in [4.78, 5) is 12.2. The first-order chi connectivity index (χ1) is 19.0. The lowest BCUT2D eigenvalue weighted by molar-refractivity contribution is 0.104. The third kappa shape index (κ3) is 11.9. The van der Waals surface area contributed by atoms with Crippen LogP contribution in [0.5, 0.6) is 5.75 Å². The van der Waals surface area contributed by atoms with Gasteiger partial charge in [0.05, 0.1) is 6.61 Å². The number of rotatable bonds is 18. The Kier molecular flexibility index (Phi) is 13.3. The van der Waals surface area contributed by atoms with E-state index >= 15 is 0 Å². The van der Waals surface area contributed by atoms with E-state index in [-0.39, 0.29) is 11.6 Å². The van der Waals surface area contributed by atoms with Gasteiger partial charge in [-0.2, -0.15) is 0 Å². The summed E-state index contributed by atoms with van der Waals surface area (Å²) in [6, 6.07) is 22.2. The van der Waals surface area contributed by atoms with E-state index in [1.807, 2.05) is 24.3 Å². The number of hydrogen-bond donors (Lipinski definition) is 0. The molecule has 39 heavy (non-hydrogen) atoms. The average Bonchev–Trinajstić information content (AvgIpc) is 2.95. The Morgan fingerprint density at radius 1 is 0.718 bits per heavy atom. The van der Waals surface area contributed by atoms with Crippen LogP contribution in [0.3, 0.4) is 0 Å². The molecule has 0 spiro atoms. The van der Waals surface area contributed by atoms with Crippen LogP contribution in [0.2, 0.25) is 0 Å². The average molecular weight is 527 g/mol. The van der Waals surface area contributed by atoms with Crippen LogP contribution in [-0.4, -0.2) is 12.4 Å². The van der Waals surface area contributed by atoms with Gasteiger partial charge >= 0.3 is 0 Å². The van der Waals surface area contributed by atoms with E-state index < -0.39 is 0 Å². The fourth-order valence-corrected chi connectivity index (χ4v) is 4.55. The predicted octanol–water partition coefficient (Wildman–Crippen LogP) is 10.3. The van der Waals surface area contributed by atoms with Gasteiger partial charge in [-0.25, -0.2) is 4.39 Å². The van der Waals surface area contributed by atoms with Crippen LogP contribution in [0.15, 0.2) is 85.5 Å². The summed E-state index contributed by atoms with van der Waals surface area (Å²) in [7, 11) is 0. The second-order valence-corrected chi connectivity index (χ2v) is 10.4. The number of ketones is 1. The first-order valence-electron chi connectivity index (χ1n) is 14.5. The number of halogens is 1. The van der Waals surface area contributed by atoms with Crippen molar-refractivity contribution in [2.75, 3.05) is 6.61 Å². The molecule has 3 aromatic rings. The van der Waals surface area contributed by atoms with Crippen molar-refractivity contribution in [3.63, 3.8) is 0 Å². The van der Waals surface area contributed by atoms with Gasteiger partial charge in [0.25, 0.3) is 0 Å². The zero-order chi connectivity index (χ0) is 27.7. The second kappa shape index (κ2) is 17.2. The Hall–Kier alpha value is -3.46. The molecule has 0 aliphatic heterocycles. The Balaban J connectivity index is 1.15. The maximum atomic E-state index is 13.0. The summed E-state index contributed by atoms with van der Waals surface area (Å²) in [6.07, 6.45) is 17.3. The van der Waals surface area contributed by atoms with Crippen molar-refractivity contribution < 1.29 is 13.9 Å². The fraction of sp³-hybridized carbons (Fsp3) is 0.361. The quantitative estimate of drug-likeness (QED) is 0.0936. The molecule has 0 radical (unpaired) electrons. The minimum atomic E-state index is -0.346. The lowest BCUT2D eigenvalue weighted by Crippen LogP contribution is -1.97. The molecule has 0 unspecified atom stereocenters. The molecule has 3 rings (SSSR count). The number of carbonyl (C=O) groups excluding carboxylic acids is 1. The van der Waals surface area contributed by atoms with E-state index in [1.165, 1.54) is 106 Å². The highest BCUT2D eigenvalue weighted by Crippen LogP contribution is 2.17. The van der Waals surface area contributed by atoms with Gasteiger partial charge in [-0.05, 0) is 85.4 Å². The largest absolute Gasteiger partial charge is 0.494 e. The van der Waals surface area contributed by atoms with Crippen molar-refractivity contribution in [2.24, 2.45) is 0 Å². The summed E-state index contributed by atoms with van der Waals surface area (Å²) in [5.41, 5.74) is 5.20. The zero-order valence-electron chi connectivity index (χ0n) is 23.5. The zero-order valence-corrected chi connectivity index (χ0v) is 23.5. The molecule has 0 saturated heterocycles. The van der Waals surface area contributed by atoms with Crippen LogP contribution in [0.25, 0.3) is 11.6 Å². The highest BCUT2D eigenvalue weighted by atomic mass is 19.1. The molecule has 0 saturated carbocycles. The summed E-state index contributed by atoms with van der Waals surface area (Å²) in [5.74, 6) is 0.355. The molecule has 0 bridgehead atoms.